The molecule has 1 saturated carbocycles. The Morgan fingerprint density at radius 1 is 1.45 bits per heavy atom. The highest BCUT2D eigenvalue weighted by Crippen LogP contribution is 2.34. The Labute approximate surface area is 75.3 Å². The first kappa shape index (κ1) is 9.38. The van der Waals surface area contributed by atoms with Crippen LogP contribution >= 0.6 is 11.6 Å². The van der Waals surface area contributed by atoms with Gasteiger partial charge in [-0.15, -0.1) is 11.6 Å². The SMILES string of the molecule is CCC(C)CC1CCC(Cl)C1. The van der Waals surface area contributed by atoms with Crippen LogP contribution in [-0.4, -0.2) is 5.38 Å². The van der Waals surface area contributed by atoms with Crippen LogP contribution in [0.3, 0.4) is 0 Å². The van der Waals surface area contributed by atoms with Crippen molar-refractivity contribution in [3.05, 3.63) is 0 Å². The van der Waals surface area contributed by atoms with Gasteiger partial charge in [0.2, 0.25) is 0 Å². The summed E-state index contributed by atoms with van der Waals surface area (Å²) in [4.78, 5) is 0. The highest BCUT2D eigenvalue weighted by atomic mass is 35.5. The van der Waals surface area contributed by atoms with Crippen LogP contribution in [0, 0.1) is 11.8 Å². The molecule has 0 spiro atoms. The molecule has 1 rings (SSSR count). The third kappa shape index (κ3) is 3.02. The van der Waals surface area contributed by atoms with Crippen molar-refractivity contribution in [1.29, 1.82) is 0 Å². The van der Waals surface area contributed by atoms with Crippen LogP contribution in [0.5, 0.6) is 0 Å². The van der Waals surface area contributed by atoms with Gasteiger partial charge in [0.15, 0.2) is 0 Å². The molecule has 1 fully saturated rings. The Morgan fingerprint density at radius 2 is 2.18 bits per heavy atom. The molecular formula is C10H19Cl. The van der Waals surface area contributed by atoms with Gasteiger partial charge in [-0.25, -0.2) is 0 Å². The largest absolute Gasteiger partial charge is 0.123 e. The van der Waals surface area contributed by atoms with E-state index in [4.69, 9.17) is 11.6 Å². The summed E-state index contributed by atoms with van der Waals surface area (Å²) in [5.41, 5.74) is 0. The van der Waals surface area contributed by atoms with E-state index in [1.165, 1.54) is 32.1 Å². The van der Waals surface area contributed by atoms with Crippen LogP contribution in [0.15, 0.2) is 0 Å². The van der Waals surface area contributed by atoms with Gasteiger partial charge in [-0.2, -0.15) is 0 Å². The molecule has 0 aromatic carbocycles. The normalized spacial score (nSPS) is 34.1. The predicted octanol–water partition coefficient (Wildman–Crippen LogP) is 3.83. The Bertz CT molecular complexity index is 111. The van der Waals surface area contributed by atoms with Crippen molar-refractivity contribution in [1.82, 2.24) is 0 Å². The molecule has 11 heavy (non-hydrogen) atoms. The van der Waals surface area contributed by atoms with Crippen LogP contribution in [0.25, 0.3) is 0 Å². The highest BCUT2D eigenvalue weighted by Gasteiger charge is 2.23. The van der Waals surface area contributed by atoms with E-state index in [0.717, 1.165) is 11.8 Å². The molecule has 0 aromatic heterocycles. The van der Waals surface area contributed by atoms with E-state index < -0.39 is 0 Å². The molecule has 0 aliphatic heterocycles. The smallest absolute Gasteiger partial charge is 0.0338 e. The molecule has 1 aliphatic carbocycles. The lowest BCUT2D eigenvalue weighted by atomic mass is 9.93. The molecule has 0 amide bonds. The van der Waals surface area contributed by atoms with Crippen molar-refractivity contribution in [2.45, 2.75) is 51.3 Å². The van der Waals surface area contributed by atoms with Gasteiger partial charge in [-0.3, -0.25) is 0 Å². The first-order valence-electron chi connectivity index (χ1n) is 4.86. The summed E-state index contributed by atoms with van der Waals surface area (Å²) in [6.07, 6.45) is 6.62. The van der Waals surface area contributed by atoms with Gasteiger partial charge in [0.25, 0.3) is 0 Å². The van der Waals surface area contributed by atoms with Crippen molar-refractivity contribution < 1.29 is 0 Å². The quantitative estimate of drug-likeness (QED) is 0.571. The minimum Gasteiger partial charge on any atom is -0.123 e. The van der Waals surface area contributed by atoms with E-state index in [1.54, 1.807) is 0 Å². The Hall–Kier alpha value is 0.290. The average Bonchev–Trinajstić information content (AvgIpc) is 2.35. The number of hydrogen-bond acceptors (Lipinski definition) is 0. The van der Waals surface area contributed by atoms with E-state index in [-0.39, 0.29) is 0 Å². The van der Waals surface area contributed by atoms with Crippen LogP contribution in [0.1, 0.15) is 46.0 Å². The number of hydrogen-bond donors (Lipinski definition) is 0. The predicted molar refractivity (Wildman–Crippen MR) is 51.1 cm³/mol. The average molecular weight is 175 g/mol. The molecule has 66 valence electrons. The maximum Gasteiger partial charge on any atom is 0.0338 e. The molecule has 3 atom stereocenters. The molecule has 0 heterocycles. The lowest BCUT2D eigenvalue weighted by Crippen LogP contribution is -2.02. The van der Waals surface area contributed by atoms with Crippen LogP contribution < -0.4 is 0 Å². The van der Waals surface area contributed by atoms with Gasteiger partial charge in [0, 0.05) is 5.38 Å². The van der Waals surface area contributed by atoms with Gasteiger partial charge >= 0.3 is 0 Å². The summed E-state index contributed by atoms with van der Waals surface area (Å²) in [5.74, 6) is 1.84. The maximum atomic E-state index is 6.03. The van der Waals surface area contributed by atoms with Crippen molar-refractivity contribution >= 4 is 11.6 Å². The van der Waals surface area contributed by atoms with E-state index >= 15 is 0 Å². The standard InChI is InChI=1S/C10H19Cl/c1-3-8(2)6-9-4-5-10(11)7-9/h8-10H,3-7H2,1-2H3. The molecule has 0 nitrogen and oxygen atoms in total. The second-order valence-electron chi connectivity index (χ2n) is 4.03. The Morgan fingerprint density at radius 3 is 2.64 bits per heavy atom. The highest BCUT2D eigenvalue weighted by molar-refractivity contribution is 6.20. The van der Waals surface area contributed by atoms with Crippen molar-refractivity contribution in [3.8, 4) is 0 Å². The van der Waals surface area contributed by atoms with Crippen molar-refractivity contribution in [2.75, 3.05) is 0 Å². The molecule has 0 bridgehead atoms. The van der Waals surface area contributed by atoms with E-state index in [9.17, 15) is 0 Å². The zero-order chi connectivity index (χ0) is 8.27. The molecule has 0 radical (unpaired) electrons. The van der Waals surface area contributed by atoms with Gasteiger partial charge in [0.05, 0.1) is 0 Å². The fourth-order valence-electron chi connectivity index (χ4n) is 1.96. The summed E-state index contributed by atoms with van der Waals surface area (Å²) in [6.45, 7) is 4.62. The second kappa shape index (κ2) is 4.35. The summed E-state index contributed by atoms with van der Waals surface area (Å²) in [5, 5.41) is 0.490. The second-order valence-corrected chi connectivity index (χ2v) is 4.64. The molecule has 0 saturated heterocycles. The van der Waals surface area contributed by atoms with Crippen LogP contribution in [0.2, 0.25) is 0 Å². The fourth-order valence-corrected chi connectivity index (χ4v) is 2.34. The summed E-state index contributed by atoms with van der Waals surface area (Å²) in [6, 6.07) is 0. The van der Waals surface area contributed by atoms with E-state index in [2.05, 4.69) is 13.8 Å². The number of rotatable bonds is 3. The Kier molecular flexibility index (Phi) is 3.71. The molecule has 1 aliphatic rings. The van der Waals surface area contributed by atoms with Crippen LogP contribution in [-0.2, 0) is 0 Å². The minimum absolute atomic E-state index is 0.490. The van der Waals surface area contributed by atoms with Gasteiger partial charge in [-0.05, 0) is 37.5 Å². The van der Waals surface area contributed by atoms with Gasteiger partial charge in [0.1, 0.15) is 0 Å². The van der Waals surface area contributed by atoms with Crippen LogP contribution in [0.4, 0.5) is 0 Å². The lowest BCUT2D eigenvalue weighted by Gasteiger charge is -2.13. The maximum absolute atomic E-state index is 6.03. The molecule has 0 N–H and O–H groups in total. The van der Waals surface area contributed by atoms with Crippen molar-refractivity contribution in [2.24, 2.45) is 11.8 Å². The monoisotopic (exact) mass is 174 g/mol. The number of alkyl halides is 1. The number of halogens is 1. The summed E-state index contributed by atoms with van der Waals surface area (Å²) >= 11 is 6.03. The molecule has 0 aromatic rings. The molecule has 3 unspecified atom stereocenters. The van der Waals surface area contributed by atoms with E-state index in [0.29, 0.717) is 5.38 Å². The third-order valence-electron chi connectivity index (χ3n) is 2.91. The zero-order valence-corrected chi connectivity index (χ0v) is 8.40. The molecular weight excluding hydrogens is 156 g/mol. The Balaban J connectivity index is 2.17. The minimum atomic E-state index is 0.490. The first-order valence-corrected chi connectivity index (χ1v) is 5.30. The topological polar surface area (TPSA) is 0 Å². The zero-order valence-electron chi connectivity index (χ0n) is 7.65. The van der Waals surface area contributed by atoms with Gasteiger partial charge in [-0.1, -0.05) is 20.3 Å². The summed E-state index contributed by atoms with van der Waals surface area (Å²) < 4.78 is 0. The third-order valence-corrected chi connectivity index (χ3v) is 3.31. The van der Waals surface area contributed by atoms with Crippen molar-refractivity contribution in [3.63, 3.8) is 0 Å². The first-order chi connectivity index (χ1) is 5.22. The van der Waals surface area contributed by atoms with E-state index in [1.807, 2.05) is 0 Å². The lowest BCUT2D eigenvalue weighted by molar-refractivity contribution is 0.390. The van der Waals surface area contributed by atoms with Gasteiger partial charge < -0.3 is 0 Å². The summed E-state index contributed by atoms with van der Waals surface area (Å²) in [7, 11) is 0. The fraction of sp³-hybridized carbons (Fsp3) is 1.00. The molecule has 1 heteroatoms.